The molecule has 0 radical (unpaired) electrons. The van der Waals surface area contributed by atoms with Crippen LogP contribution in [-0.4, -0.2) is 26.7 Å². The first-order valence-corrected chi connectivity index (χ1v) is 12.2. The van der Waals surface area contributed by atoms with Crippen molar-refractivity contribution in [3.8, 4) is 22.6 Å². The molecule has 0 fully saturated rings. The number of carbonyl (C=O) groups excluding carboxylic acids is 1. The van der Waals surface area contributed by atoms with E-state index in [9.17, 15) is 4.79 Å². The summed E-state index contributed by atoms with van der Waals surface area (Å²) in [6.45, 7) is 2.45. The van der Waals surface area contributed by atoms with Gasteiger partial charge in [-0.1, -0.05) is 48.5 Å². The van der Waals surface area contributed by atoms with Crippen molar-refractivity contribution < 1.29 is 18.7 Å². The Kier molecular flexibility index (Phi) is 6.95. The van der Waals surface area contributed by atoms with Gasteiger partial charge in [-0.2, -0.15) is 0 Å². The highest BCUT2D eigenvalue weighted by Crippen LogP contribution is 2.38. The fourth-order valence-corrected chi connectivity index (χ4v) is 4.60. The van der Waals surface area contributed by atoms with Crippen LogP contribution in [-0.2, 0) is 11.2 Å². The Morgan fingerprint density at radius 1 is 0.919 bits per heavy atom. The molecule has 0 bridgehead atoms. The number of fused-ring (bicyclic) bond motifs is 2. The van der Waals surface area contributed by atoms with Gasteiger partial charge < -0.3 is 19.2 Å². The second-order valence-corrected chi connectivity index (χ2v) is 8.98. The highest BCUT2D eigenvalue weighted by Gasteiger charge is 2.15. The zero-order valence-corrected chi connectivity index (χ0v) is 21.2. The molecule has 5 rings (SSSR count). The predicted molar refractivity (Wildman–Crippen MR) is 149 cm³/mol. The van der Waals surface area contributed by atoms with Gasteiger partial charge in [0.2, 0.25) is 5.91 Å². The van der Waals surface area contributed by atoms with Crippen LogP contribution in [0.25, 0.3) is 38.4 Å². The van der Waals surface area contributed by atoms with Crippen molar-refractivity contribution in [2.45, 2.75) is 13.3 Å². The molecule has 0 aliphatic heterocycles. The Bertz CT molecular complexity index is 1610. The molecule has 1 aromatic heterocycles. The van der Waals surface area contributed by atoms with Gasteiger partial charge >= 0.3 is 0 Å². The largest absolute Gasteiger partial charge is 0.497 e. The number of hydrogen-bond donors (Lipinski definition) is 1. The topological polar surface area (TPSA) is 60.7 Å². The minimum absolute atomic E-state index is 0.149. The lowest BCUT2D eigenvalue weighted by atomic mass is 9.97. The van der Waals surface area contributed by atoms with Crippen molar-refractivity contribution in [1.29, 1.82) is 0 Å². The fraction of sp³-hybridized carbons (Fsp3) is 0.156. The fourth-order valence-electron chi connectivity index (χ4n) is 4.60. The molecule has 0 saturated heterocycles. The molecule has 0 saturated carbocycles. The van der Waals surface area contributed by atoms with Crippen LogP contribution in [0.2, 0.25) is 0 Å². The number of benzene rings is 4. The molecule has 1 amide bonds. The summed E-state index contributed by atoms with van der Waals surface area (Å²) in [6.07, 6.45) is 4.11. The average molecular weight is 492 g/mol. The number of allylic oxidation sites excluding steroid dienone is 1. The van der Waals surface area contributed by atoms with E-state index in [1.165, 1.54) is 10.8 Å². The molecule has 4 aromatic carbocycles. The van der Waals surface area contributed by atoms with Crippen LogP contribution in [0.15, 0.2) is 95.6 Å². The van der Waals surface area contributed by atoms with Crippen molar-refractivity contribution in [3.05, 3.63) is 102 Å². The zero-order valence-electron chi connectivity index (χ0n) is 21.2. The first-order chi connectivity index (χ1) is 18.1. The molecule has 5 nitrogen and oxygen atoms in total. The smallest absolute Gasteiger partial charge is 0.244 e. The Morgan fingerprint density at radius 3 is 2.57 bits per heavy atom. The van der Waals surface area contributed by atoms with Crippen molar-refractivity contribution in [3.63, 3.8) is 0 Å². The second kappa shape index (κ2) is 10.6. The third kappa shape index (κ3) is 5.21. The average Bonchev–Trinajstić information content (AvgIpc) is 3.35. The molecule has 1 heterocycles. The number of furan rings is 1. The van der Waals surface area contributed by atoms with Crippen LogP contribution in [0.3, 0.4) is 0 Å². The lowest BCUT2D eigenvalue weighted by Gasteiger charge is -2.11. The summed E-state index contributed by atoms with van der Waals surface area (Å²) in [6, 6.07) is 26.5. The molecule has 37 heavy (non-hydrogen) atoms. The van der Waals surface area contributed by atoms with E-state index in [-0.39, 0.29) is 5.91 Å². The summed E-state index contributed by atoms with van der Waals surface area (Å²) < 4.78 is 16.8. The molecule has 0 spiro atoms. The summed E-state index contributed by atoms with van der Waals surface area (Å²) in [5.41, 5.74) is 5.57. The van der Waals surface area contributed by atoms with Gasteiger partial charge in [0, 0.05) is 35.2 Å². The first kappa shape index (κ1) is 24.2. The lowest BCUT2D eigenvalue weighted by Crippen LogP contribution is -2.23. The van der Waals surface area contributed by atoms with Crippen molar-refractivity contribution >= 4 is 33.2 Å². The minimum Gasteiger partial charge on any atom is -0.497 e. The number of ether oxygens (including phenoxy) is 2. The van der Waals surface area contributed by atoms with Crippen LogP contribution in [0.5, 0.6) is 11.5 Å². The maximum absolute atomic E-state index is 12.7. The predicted octanol–water partition coefficient (Wildman–Crippen LogP) is 7.03. The van der Waals surface area contributed by atoms with E-state index < -0.39 is 0 Å². The van der Waals surface area contributed by atoms with E-state index in [2.05, 4.69) is 35.6 Å². The van der Waals surface area contributed by atoms with E-state index in [4.69, 9.17) is 13.9 Å². The highest BCUT2D eigenvalue weighted by atomic mass is 16.5. The highest BCUT2D eigenvalue weighted by molar-refractivity contribution is 6.01. The third-order valence-corrected chi connectivity index (χ3v) is 6.58. The summed E-state index contributed by atoms with van der Waals surface area (Å²) in [4.78, 5) is 12.7. The number of methoxy groups -OCH3 is 2. The number of carbonyl (C=O) groups is 1. The Labute approximate surface area is 216 Å². The van der Waals surface area contributed by atoms with Gasteiger partial charge in [-0.25, -0.2) is 0 Å². The van der Waals surface area contributed by atoms with E-state index in [1.807, 2.05) is 55.5 Å². The third-order valence-electron chi connectivity index (χ3n) is 6.58. The molecule has 0 aliphatic carbocycles. The Hall–Kier alpha value is -4.51. The van der Waals surface area contributed by atoms with Gasteiger partial charge in [-0.15, -0.1) is 0 Å². The van der Waals surface area contributed by atoms with Crippen molar-refractivity contribution in [2.24, 2.45) is 0 Å². The maximum atomic E-state index is 12.7. The number of nitrogens with one attached hydrogen (secondary N) is 1. The maximum Gasteiger partial charge on any atom is 0.244 e. The van der Waals surface area contributed by atoms with Crippen molar-refractivity contribution in [1.82, 2.24) is 5.32 Å². The molecule has 1 N–H and O–H groups in total. The molecule has 0 atom stereocenters. The first-order valence-electron chi connectivity index (χ1n) is 12.2. The molecule has 5 heteroatoms. The number of amides is 1. The Balaban J connectivity index is 1.39. The molecule has 0 unspecified atom stereocenters. The van der Waals surface area contributed by atoms with E-state index in [0.717, 1.165) is 51.0 Å². The molecule has 5 aromatic rings. The summed E-state index contributed by atoms with van der Waals surface area (Å²) >= 11 is 0. The summed E-state index contributed by atoms with van der Waals surface area (Å²) in [5, 5.41) is 6.31. The summed E-state index contributed by atoms with van der Waals surface area (Å²) in [5.74, 6) is 1.32. The SMILES string of the molecule is COc1cccc(CCNC(=O)/C=C(\C)c2cc3c(-c4ccc5ccccc5c4)coc3cc2OC)c1. The van der Waals surface area contributed by atoms with Gasteiger partial charge in [0.05, 0.1) is 20.5 Å². The Morgan fingerprint density at radius 2 is 1.76 bits per heavy atom. The van der Waals surface area contributed by atoms with Gasteiger partial charge in [-0.05, 0) is 65.1 Å². The van der Waals surface area contributed by atoms with Crippen molar-refractivity contribution in [2.75, 3.05) is 20.8 Å². The van der Waals surface area contributed by atoms with E-state index in [1.54, 1.807) is 26.6 Å². The zero-order chi connectivity index (χ0) is 25.8. The van der Waals surface area contributed by atoms with Gasteiger partial charge in [0.1, 0.15) is 17.1 Å². The van der Waals surface area contributed by atoms with Crippen LogP contribution in [0.4, 0.5) is 0 Å². The minimum atomic E-state index is -0.149. The number of hydrogen-bond acceptors (Lipinski definition) is 4. The molecular weight excluding hydrogens is 462 g/mol. The second-order valence-electron chi connectivity index (χ2n) is 8.98. The quantitative estimate of drug-likeness (QED) is 0.237. The van der Waals surface area contributed by atoms with E-state index in [0.29, 0.717) is 12.3 Å². The molecular formula is C32H29NO4. The lowest BCUT2D eigenvalue weighted by molar-refractivity contribution is -0.116. The summed E-state index contributed by atoms with van der Waals surface area (Å²) in [7, 11) is 3.27. The standard InChI is InChI=1S/C32H29NO4/c1-21(15-32(34)33-14-13-22-7-6-10-26(16-22)35-2)27-18-28-29(20-37-31(28)19-30(27)36-3)25-12-11-23-8-4-5-9-24(23)17-25/h4-12,15-20H,13-14H2,1-3H3,(H,33,34)/b21-15+. The number of rotatable bonds is 8. The van der Waals surface area contributed by atoms with E-state index >= 15 is 0 Å². The normalized spacial score (nSPS) is 11.6. The molecule has 0 aliphatic rings. The van der Waals surface area contributed by atoms with Crippen LogP contribution < -0.4 is 14.8 Å². The molecule has 186 valence electrons. The van der Waals surface area contributed by atoms with Crippen LogP contribution >= 0.6 is 0 Å². The van der Waals surface area contributed by atoms with Gasteiger partial charge in [0.25, 0.3) is 0 Å². The monoisotopic (exact) mass is 491 g/mol. The van der Waals surface area contributed by atoms with Crippen LogP contribution in [0.1, 0.15) is 18.1 Å². The van der Waals surface area contributed by atoms with Gasteiger partial charge in [-0.3, -0.25) is 4.79 Å². The van der Waals surface area contributed by atoms with Gasteiger partial charge in [0.15, 0.2) is 0 Å². The van der Waals surface area contributed by atoms with Crippen LogP contribution in [0, 0.1) is 0 Å².